The Bertz CT molecular complexity index is 1250. The number of allylic oxidation sites excluding steroid dienone is 4. The van der Waals surface area contributed by atoms with Crippen LogP contribution in [0.25, 0.3) is 4.85 Å². The quantitative estimate of drug-likeness (QED) is 0.0874. The summed E-state index contributed by atoms with van der Waals surface area (Å²) in [7, 11) is -2.51. The zero-order valence-electron chi connectivity index (χ0n) is 34.2. The molecule has 7 heteroatoms. The average molecular weight is 712 g/mol. The second-order valence-corrected chi connectivity index (χ2v) is 28.9. The first-order valence-electron chi connectivity index (χ1n) is 19.1. The van der Waals surface area contributed by atoms with E-state index in [9.17, 15) is 0 Å². The van der Waals surface area contributed by atoms with E-state index in [-0.39, 0.29) is 27.9 Å². The molecule has 49 heavy (non-hydrogen) atoms. The van der Waals surface area contributed by atoms with Crippen molar-refractivity contribution in [2.75, 3.05) is 13.9 Å². The lowest BCUT2D eigenvalue weighted by Gasteiger charge is -2.46. The molecule has 0 bridgehead atoms. The van der Waals surface area contributed by atoms with Gasteiger partial charge in [-0.15, -0.1) is 0 Å². The van der Waals surface area contributed by atoms with Gasteiger partial charge in [0.2, 0.25) is 0 Å². The predicted molar refractivity (Wildman–Crippen MR) is 212 cm³/mol. The van der Waals surface area contributed by atoms with Crippen LogP contribution in [0.4, 0.5) is 0 Å². The van der Waals surface area contributed by atoms with Gasteiger partial charge in [0.25, 0.3) is 0 Å². The number of nitrogens with zero attached hydrogens (tertiary/aromatic N) is 1. The SMILES string of the molecule is [C-]#[N+]C=C1[C@H](O[Si](C)(C)C(C)(C)C)CC(=CC=C2CCCC3(C)C2CCC3[C@H](C)C=CCC(C)(C)OCOC)C[C@H]1O[Si](C)(C)C(C)(C)C. The summed E-state index contributed by atoms with van der Waals surface area (Å²) < 4.78 is 25.3. The summed E-state index contributed by atoms with van der Waals surface area (Å²) in [6.45, 7) is 40.6. The maximum atomic E-state index is 7.84. The number of hydrogen-bond donors (Lipinski definition) is 0. The van der Waals surface area contributed by atoms with E-state index >= 15 is 0 Å². The summed E-state index contributed by atoms with van der Waals surface area (Å²) in [5.74, 6) is 1.87. The first-order chi connectivity index (χ1) is 22.5. The van der Waals surface area contributed by atoms with Gasteiger partial charge in [-0.1, -0.05) is 90.8 Å². The number of ether oxygens (including phenoxy) is 2. The third kappa shape index (κ3) is 10.4. The molecule has 0 aromatic heterocycles. The highest BCUT2D eigenvalue weighted by Gasteiger charge is 2.50. The van der Waals surface area contributed by atoms with E-state index in [1.807, 2.05) is 0 Å². The van der Waals surface area contributed by atoms with Crippen LogP contribution in [0.15, 0.2) is 47.2 Å². The minimum atomic E-state index is -2.09. The Kier molecular flexibility index (Phi) is 13.9. The van der Waals surface area contributed by atoms with Crippen molar-refractivity contribution >= 4 is 16.6 Å². The normalized spacial score (nSPS) is 28.9. The Morgan fingerprint density at radius 2 is 1.49 bits per heavy atom. The molecule has 6 atom stereocenters. The minimum absolute atomic E-state index is 0.0845. The van der Waals surface area contributed by atoms with Crippen LogP contribution in [-0.4, -0.2) is 48.3 Å². The highest BCUT2D eigenvalue weighted by molar-refractivity contribution is 6.74. The molecule has 3 aliphatic rings. The third-order valence-corrected chi connectivity index (χ3v) is 22.1. The van der Waals surface area contributed by atoms with Gasteiger partial charge in [0, 0.05) is 7.11 Å². The molecule has 0 aliphatic heterocycles. The van der Waals surface area contributed by atoms with Gasteiger partial charge in [-0.2, -0.15) is 0 Å². The van der Waals surface area contributed by atoms with Crippen molar-refractivity contribution < 1.29 is 18.3 Å². The van der Waals surface area contributed by atoms with Gasteiger partial charge in [-0.3, -0.25) is 0 Å². The molecule has 0 saturated heterocycles. The maximum Gasteiger partial charge on any atom is 0.192 e. The molecular formula is C42H73NO4Si2. The van der Waals surface area contributed by atoms with Gasteiger partial charge in [0.1, 0.15) is 6.79 Å². The predicted octanol–water partition coefficient (Wildman–Crippen LogP) is 12.4. The summed E-state index contributed by atoms with van der Waals surface area (Å²) in [4.78, 5) is 3.81. The number of hydrogen-bond acceptors (Lipinski definition) is 4. The van der Waals surface area contributed by atoms with Crippen molar-refractivity contribution in [2.45, 2.75) is 175 Å². The standard InChI is InChI=1S/C42H73NO4Si2/c1-31(19-17-25-41(8,9)45-30-44-12)35-23-24-36-33(20-18-26-42(35,36)10)22-21-32-27-37(46-48(13,14)39(2,3)4)34(29-43-11)38(28-32)47-49(15,16)40(5,6)7/h17,19,21-22,29,31,35-38H,18,20,23-28,30H2,1-10,12-16H3/t31-,35?,36?,37-,38-,42?/m1/s1. The van der Waals surface area contributed by atoms with Gasteiger partial charge >= 0.3 is 0 Å². The van der Waals surface area contributed by atoms with Crippen LogP contribution >= 0.6 is 0 Å². The van der Waals surface area contributed by atoms with Crippen LogP contribution in [-0.2, 0) is 18.3 Å². The number of fused-ring (bicyclic) bond motifs is 1. The van der Waals surface area contributed by atoms with E-state index in [1.54, 1.807) is 18.9 Å². The Balaban J connectivity index is 1.90. The molecule has 0 N–H and O–H groups in total. The summed E-state index contributed by atoms with van der Waals surface area (Å²) >= 11 is 0. The van der Waals surface area contributed by atoms with Crippen molar-refractivity contribution in [3.8, 4) is 0 Å². The Hall–Kier alpha value is -1.28. The lowest BCUT2D eigenvalue weighted by atomic mass is 9.61. The van der Waals surface area contributed by atoms with Crippen LogP contribution in [0.2, 0.25) is 36.3 Å². The Morgan fingerprint density at radius 1 is 0.918 bits per heavy atom. The van der Waals surface area contributed by atoms with Gasteiger partial charge in [0.15, 0.2) is 22.8 Å². The van der Waals surface area contributed by atoms with Crippen molar-refractivity contribution in [3.05, 3.63) is 58.6 Å². The van der Waals surface area contributed by atoms with Crippen molar-refractivity contribution in [1.29, 1.82) is 0 Å². The van der Waals surface area contributed by atoms with E-state index in [1.165, 1.54) is 37.7 Å². The van der Waals surface area contributed by atoms with Crippen molar-refractivity contribution in [1.82, 2.24) is 0 Å². The second-order valence-electron chi connectivity index (χ2n) is 19.4. The third-order valence-electron chi connectivity index (χ3n) is 13.2. The molecule has 0 spiro atoms. The first kappa shape index (κ1) is 42.1. The summed E-state index contributed by atoms with van der Waals surface area (Å²) in [5, 5.41) is 0.169. The topological polar surface area (TPSA) is 41.3 Å². The van der Waals surface area contributed by atoms with Crippen LogP contribution in [0.1, 0.15) is 121 Å². The molecule has 3 fully saturated rings. The first-order valence-corrected chi connectivity index (χ1v) is 24.9. The maximum absolute atomic E-state index is 7.84. The monoisotopic (exact) mass is 712 g/mol. The molecule has 5 nitrogen and oxygen atoms in total. The molecule has 3 unspecified atom stereocenters. The fourth-order valence-corrected chi connectivity index (χ4v) is 10.6. The summed E-state index contributed by atoms with van der Waals surface area (Å²) in [6.07, 6.45) is 20.2. The molecule has 3 saturated carbocycles. The largest absolute Gasteiger partial charge is 0.411 e. The van der Waals surface area contributed by atoms with Crippen LogP contribution in [0, 0.1) is 29.7 Å². The summed E-state index contributed by atoms with van der Waals surface area (Å²) in [5.41, 5.74) is 4.19. The summed E-state index contributed by atoms with van der Waals surface area (Å²) in [6, 6.07) is 0. The van der Waals surface area contributed by atoms with Gasteiger partial charge in [0.05, 0.1) is 24.4 Å². The van der Waals surface area contributed by atoms with Crippen LogP contribution < -0.4 is 0 Å². The Morgan fingerprint density at radius 3 is 2.00 bits per heavy atom. The number of rotatable bonds is 12. The van der Waals surface area contributed by atoms with Crippen molar-refractivity contribution in [2.24, 2.45) is 23.2 Å². The average Bonchev–Trinajstić information content (AvgIpc) is 3.32. The van der Waals surface area contributed by atoms with Gasteiger partial charge < -0.3 is 18.3 Å². The fourth-order valence-electron chi connectivity index (χ4n) is 8.01. The highest BCUT2D eigenvalue weighted by atomic mass is 28.4. The molecule has 0 radical (unpaired) electrons. The molecule has 3 aliphatic carbocycles. The Labute approximate surface area is 304 Å². The molecule has 278 valence electrons. The van der Waals surface area contributed by atoms with E-state index in [4.69, 9.17) is 24.9 Å². The lowest BCUT2D eigenvalue weighted by molar-refractivity contribution is -0.112. The highest BCUT2D eigenvalue weighted by Crippen LogP contribution is 2.59. The molecule has 3 rings (SSSR count). The van der Waals surface area contributed by atoms with E-state index in [0.717, 1.165) is 24.8 Å². The molecule has 0 heterocycles. The van der Waals surface area contributed by atoms with E-state index in [2.05, 4.69) is 125 Å². The molecular weight excluding hydrogens is 639 g/mol. The zero-order valence-corrected chi connectivity index (χ0v) is 36.2. The zero-order chi connectivity index (χ0) is 37.1. The van der Waals surface area contributed by atoms with Crippen LogP contribution in [0.3, 0.4) is 0 Å². The molecule has 0 aromatic rings. The molecule has 0 aromatic carbocycles. The van der Waals surface area contributed by atoms with Gasteiger partial charge in [-0.05, 0) is 130 Å². The number of methoxy groups -OCH3 is 1. The van der Waals surface area contributed by atoms with Crippen molar-refractivity contribution in [3.63, 3.8) is 0 Å². The molecule has 0 amide bonds. The lowest BCUT2D eigenvalue weighted by Crippen LogP contribution is -2.50. The second kappa shape index (κ2) is 16.2. The van der Waals surface area contributed by atoms with E-state index in [0.29, 0.717) is 30.0 Å². The smallest absolute Gasteiger partial charge is 0.192 e. The van der Waals surface area contributed by atoms with E-state index < -0.39 is 16.6 Å². The minimum Gasteiger partial charge on any atom is -0.411 e. The van der Waals surface area contributed by atoms with Gasteiger partial charge in [-0.25, -0.2) is 4.85 Å². The fraction of sp³-hybridized carbons (Fsp3) is 0.786. The van der Waals surface area contributed by atoms with Crippen LogP contribution in [0.5, 0.6) is 0 Å².